The van der Waals surface area contributed by atoms with Gasteiger partial charge in [0.1, 0.15) is 0 Å². The molecule has 0 aliphatic carbocycles. The zero-order valence-corrected chi connectivity index (χ0v) is 32.0. The minimum Gasteiger partial charge on any atom is -0.397 e. The van der Waals surface area contributed by atoms with E-state index in [0.29, 0.717) is 11.4 Å². The Balaban J connectivity index is 1.07. The molecule has 0 bridgehead atoms. The van der Waals surface area contributed by atoms with Crippen LogP contribution in [-0.4, -0.2) is 13.7 Å². The standard InChI is InChI=1S/C54H37N5/c55-46-18-11-21-53(54(46)56)59-51-28-24-36(34-22-26-49-42(30-34)40-16-7-9-19-47(40)57(49)38-12-3-1-4-13-38)32-44(51)45-33-37(25-29-52(45)59)35-23-27-50-43(31-35)41-17-8-10-20-48(41)58(50)39-14-5-2-6-15-39/h1-33H,55-56H2. The van der Waals surface area contributed by atoms with Crippen LogP contribution in [0.25, 0.3) is 105 Å². The van der Waals surface area contributed by atoms with Gasteiger partial charge in [-0.1, -0.05) is 103 Å². The summed E-state index contributed by atoms with van der Waals surface area (Å²) in [7, 11) is 0. The Labute approximate surface area is 340 Å². The first-order chi connectivity index (χ1) is 29.1. The fourth-order valence-corrected chi connectivity index (χ4v) is 9.42. The van der Waals surface area contributed by atoms with Crippen LogP contribution < -0.4 is 11.5 Å². The number of hydrogen-bond acceptors (Lipinski definition) is 2. The van der Waals surface area contributed by atoms with Crippen molar-refractivity contribution < 1.29 is 0 Å². The van der Waals surface area contributed by atoms with Crippen LogP contribution >= 0.6 is 0 Å². The van der Waals surface area contributed by atoms with Gasteiger partial charge in [0, 0.05) is 43.7 Å². The number of nitrogens with zero attached hydrogens (tertiary/aromatic N) is 3. The zero-order chi connectivity index (χ0) is 39.2. The summed E-state index contributed by atoms with van der Waals surface area (Å²) >= 11 is 0. The molecular weight excluding hydrogens is 719 g/mol. The average molecular weight is 756 g/mol. The summed E-state index contributed by atoms with van der Waals surface area (Å²) < 4.78 is 6.98. The van der Waals surface area contributed by atoms with Gasteiger partial charge in [0.05, 0.1) is 50.2 Å². The minimum absolute atomic E-state index is 0.566. The fraction of sp³-hybridized carbons (Fsp3) is 0. The third-order valence-corrected chi connectivity index (χ3v) is 12.2. The van der Waals surface area contributed by atoms with E-state index in [4.69, 9.17) is 11.5 Å². The summed E-state index contributed by atoms with van der Waals surface area (Å²) in [5.74, 6) is 0. The Kier molecular flexibility index (Phi) is 7.16. The van der Waals surface area contributed by atoms with Crippen molar-refractivity contribution >= 4 is 76.8 Å². The van der Waals surface area contributed by atoms with Gasteiger partial charge in [-0.3, -0.25) is 0 Å². The fourth-order valence-electron chi connectivity index (χ4n) is 9.42. The molecule has 12 aromatic rings. The van der Waals surface area contributed by atoms with Crippen molar-refractivity contribution in [3.63, 3.8) is 0 Å². The van der Waals surface area contributed by atoms with Crippen molar-refractivity contribution in [1.82, 2.24) is 13.7 Å². The van der Waals surface area contributed by atoms with Gasteiger partial charge < -0.3 is 25.2 Å². The molecule has 0 spiro atoms. The lowest BCUT2D eigenvalue weighted by Gasteiger charge is -2.13. The van der Waals surface area contributed by atoms with E-state index in [1.165, 1.54) is 43.6 Å². The summed E-state index contributed by atoms with van der Waals surface area (Å²) in [4.78, 5) is 0. The van der Waals surface area contributed by atoms with Crippen LogP contribution in [0, 0.1) is 0 Å². The van der Waals surface area contributed by atoms with Crippen LogP contribution in [0.4, 0.5) is 11.4 Å². The highest BCUT2D eigenvalue weighted by Gasteiger charge is 2.19. The molecule has 5 heteroatoms. The molecule has 0 fully saturated rings. The lowest BCUT2D eigenvalue weighted by atomic mass is 9.98. The highest BCUT2D eigenvalue weighted by molar-refractivity contribution is 6.15. The van der Waals surface area contributed by atoms with Crippen LogP contribution in [0.1, 0.15) is 0 Å². The normalized spacial score (nSPS) is 11.9. The third-order valence-electron chi connectivity index (χ3n) is 12.2. The molecule has 0 aliphatic heterocycles. The van der Waals surface area contributed by atoms with Crippen molar-refractivity contribution in [2.24, 2.45) is 0 Å². The maximum Gasteiger partial charge on any atom is 0.0792 e. The average Bonchev–Trinajstić information content (AvgIpc) is 3.92. The summed E-state index contributed by atoms with van der Waals surface area (Å²) in [6.45, 7) is 0. The second kappa shape index (κ2) is 12.7. The molecule has 0 atom stereocenters. The summed E-state index contributed by atoms with van der Waals surface area (Å²) in [6, 6.07) is 71.8. The third kappa shape index (κ3) is 4.98. The highest BCUT2D eigenvalue weighted by Crippen LogP contribution is 2.42. The maximum absolute atomic E-state index is 6.73. The van der Waals surface area contributed by atoms with Crippen LogP contribution in [0.3, 0.4) is 0 Å². The molecule has 3 aromatic heterocycles. The smallest absolute Gasteiger partial charge is 0.0792 e. The summed E-state index contributed by atoms with van der Waals surface area (Å²) in [6.07, 6.45) is 0. The van der Waals surface area contributed by atoms with Gasteiger partial charge >= 0.3 is 0 Å². The van der Waals surface area contributed by atoms with Crippen molar-refractivity contribution in [3.8, 4) is 39.3 Å². The first kappa shape index (κ1) is 33.2. The van der Waals surface area contributed by atoms with E-state index < -0.39 is 0 Å². The van der Waals surface area contributed by atoms with Crippen molar-refractivity contribution in [3.05, 3.63) is 200 Å². The van der Waals surface area contributed by atoms with Gasteiger partial charge in [-0.05, 0) is 119 Å². The van der Waals surface area contributed by atoms with Crippen LogP contribution in [0.5, 0.6) is 0 Å². The number of anilines is 2. The van der Waals surface area contributed by atoms with E-state index in [-0.39, 0.29) is 0 Å². The monoisotopic (exact) mass is 755 g/mol. The molecule has 4 N–H and O–H groups in total. The molecule has 59 heavy (non-hydrogen) atoms. The molecule has 12 rings (SSSR count). The summed E-state index contributed by atoms with van der Waals surface area (Å²) in [5, 5.41) is 7.21. The number of aromatic nitrogens is 3. The van der Waals surface area contributed by atoms with Crippen molar-refractivity contribution in [2.45, 2.75) is 0 Å². The number of hydrogen-bond donors (Lipinski definition) is 2. The second-order valence-corrected chi connectivity index (χ2v) is 15.4. The molecule has 0 saturated carbocycles. The molecule has 278 valence electrons. The number of fused-ring (bicyclic) bond motifs is 9. The Morgan fingerprint density at radius 1 is 0.271 bits per heavy atom. The molecule has 0 saturated heterocycles. The van der Waals surface area contributed by atoms with E-state index >= 15 is 0 Å². The van der Waals surface area contributed by atoms with E-state index in [1.54, 1.807) is 0 Å². The number of nitrogens with two attached hydrogens (primary N) is 2. The molecule has 3 heterocycles. The number of rotatable bonds is 5. The number of nitrogen functional groups attached to an aromatic ring is 2. The largest absolute Gasteiger partial charge is 0.397 e. The van der Waals surface area contributed by atoms with E-state index in [0.717, 1.165) is 61.1 Å². The maximum atomic E-state index is 6.73. The summed E-state index contributed by atoms with van der Waals surface area (Å²) in [5.41, 5.74) is 29.0. The lowest BCUT2D eigenvalue weighted by Crippen LogP contribution is -2.02. The van der Waals surface area contributed by atoms with Gasteiger partial charge in [0.15, 0.2) is 0 Å². The van der Waals surface area contributed by atoms with E-state index in [2.05, 4.69) is 202 Å². The Bertz CT molecular complexity index is 3410. The molecule has 0 amide bonds. The highest BCUT2D eigenvalue weighted by atomic mass is 15.0. The van der Waals surface area contributed by atoms with Gasteiger partial charge in [-0.15, -0.1) is 0 Å². The number of para-hydroxylation sites is 5. The number of benzene rings is 9. The van der Waals surface area contributed by atoms with Gasteiger partial charge in [-0.25, -0.2) is 0 Å². The van der Waals surface area contributed by atoms with Gasteiger partial charge in [-0.2, -0.15) is 0 Å². The van der Waals surface area contributed by atoms with E-state index in [9.17, 15) is 0 Å². The predicted octanol–water partition coefficient (Wildman–Crippen LogP) is 13.5. The van der Waals surface area contributed by atoms with Crippen LogP contribution in [0.2, 0.25) is 0 Å². The first-order valence-corrected chi connectivity index (χ1v) is 20.0. The molecule has 0 radical (unpaired) electrons. The molecule has 0 aliphatic rings. The van der Waals surface area contributed by atoms with Gasteiger partial charge in [0.25, 0.3) is 0 Å². The molecule has 5 nitrogen and oxygen atoms in total. The molecule has 9 aromatic carbocycles. The van der Waals surface area contributed by atoms with E-state index in [1.807, 2.05) is 12.1 Å². The Morgan fingerprint density at radius 3 is 1.07 bits per heavy atom. The van der Waals surface area contributed by atoms with Crippen molar-refractivity contribution in [1.29, 1.82) is 0 Å². The Hall–Kier alpha value is -8.02. The molecular formula is C54H37N5. The molecule has 0 unspecified atom stereocenters. The van der Waals surface area contributed by atoms with Crippen molar-refractivity contribution in [2.75, 3.05) is 11.5 Å². The first-order valence-electron chi connectivity index (χ1n) is 20.0. The second-order valence-electron chi connectivity index (χ2n) is 15.4. The van der Waals surface area contributed by atoms with Crippen LogP contribution in [-0.2, 0) is 0 Å². The zero-order valence-electron chi connectivity index (χ0n) is 32.0. The predicted molar refractivity (Wildman–Crippen MR) is 249 cm³/mol. The lowest BCUT2D eigenvalue weighted by molar-refractivity contribution is 1.18. The quantitative estimate of drug-likeness (QED) is 0.172. The Morgan fingerprint density at radius 2 is 0.627 bits per heavy atom. The van der Waals surface area contributed by atoms with Gasteiger partial charge in [0.2, 0.25) is 0 Å². The minimum atomic E-state index is 0.566. The topological polar surface area (TPSA) is 66.8 Å². The SMILES string of the molecule is Nc1cccc(-n2c3ccc(-c4ccc5c(c4)c4ccccc4n5-c4ccccc4)cc3c3cc(-c4ccc5c(c4)c4ccccc4n5-c4ccccc4)ccc32)c1N. The van der Waals surface area contributed by atoms with Crippen LogP contribution in [0.15, 0.2) is 200 Å².